The number of aliphatic hydroxyl groups excluding tert-OH is 1. The highest BCUT2D eigenvalue weighted by molar-refractivity contribution is 5.83. The molecule has 3 nitrogen and oxygen atoms in total. The molecule has 1 atom stereocenters. The van der Waals surface area contributed by atoms with Crippen molar-refractivity contribution >= 4 is 6.21 Å². The summed E-state index contributed by atoms with van der Waals surface area (Å²) in [7, 11) is 0. The van der Waals surface area contributed by atoms with Crippen molar-refractivity contribution in [2.45, 2.75) is 13.0 Å². The summed E-state index contributed by atoms with van der Waals surface area (Å²) in [6.07, 6.45) is 0.958. The van der Waals surface area contributed by atoms with Gasteiger partial charge in [-0.25, -0.2) is 0 Å². The van der Waals surface area contributed by atoms with E-state index in [0.29, 0.717) is 5.56 Å². The SMILES string of the molecule is Cc1ccccc1C(O)CN=Cc1ccccc1O. The van der Waals surface area contributed by atoms with Gasteiger partial charge < -0.3 is 10.2 Å². The molecule has 0 aromatic heterocycles. The topological polar surface area (TPSA) is 52.8 Å². The van der Waals surface area contributed by atoms with Crippen molar-refractivity contribution in [1.29, 1.82) is 0 Å². The Kier molecular flexibility index (Phi) is 4.31. The van der Waals surface area contributed by atoms with Crippen molar-refractivity contribution in [3.8, 4) is 5.75 Å². The molecule has 0 radical (unpaired) electrons. The van der Waals surface area contributed by atoms with Crippen LogP contribution in [0.3, 0.4) is 0 Å². The monoisotopic (exact) mass is 255 g/mol. The molecule has 0 saturated carbocycles. The van der Waals surface area contributed by atoms with E-state index in [1.54, 1.807) is 24.4 Å². The molecule has 0 saturated heterocycles. The van der Waals surface area contributed by atoms with E-state index < -0.39 is 6.10 Å². The van der Waals surface area contributed by atoms with Crippen LogP contribution in [0, 0.1) is 6.92 Å². The van der Waals surface area contributed by atoms with Gasteiger partial charge in [0, 0.05) is 11.8 Å². The molecule has 98 valence electrons. The fourth-order valence-electron chi connectivity index (χ4n) is 1.91. The number of rotatable bonds is 4. The van der Waals surface area contributed by atoms with Crippen LogP contribution >= 0.6 is 0 Å². The van der Waals surface area contributed by atoms with Crippen molar-refractivity contribution in [3.63, 3.8) is 0 Å². The number of aryl methyl sites for hydroxylation is 1. The zero-order valence-electron chi connectivity index (χ0n) is 10.8. The highest BCUT2D eigenvalue weighted by Crippen LogP contribution is 2.18. The number of phenols is 1. The zero-order valence-corrected chi connectivity index (χ0v) is 10.8. The molecule has 0 spiro atoms. The fraction of sp³-hybridized carbons (Fsp3) is 0.188. The second-order valence-corrected chi connectivity index (χ2v) is 4.43. The molecule has 0 heterocycles. The quantitative estimate of drug-likeness (QED) is 0.825. The van der Waals surface area contributed by atoms with Crippen molar-refractivity contribution in [3.05, 3.63) is 65.2 Å². The first-order valence-electron chi connectivity index (χ1n) is 6.20. The summed E-state index contributed by atoms with van der Waals surface area (Å²) in [6, 6.07) is 14.7. The predicted octanol–water partition coefficient (Wildman–Crippen LogP) is 2.85. The molecule has 2 N–H and O–H groups in total. The predicted molar refractivity (Wildman–Crippen MR) is 76.7 cm³/mol. The van der Waals surface area contributed by atoms with Gasteiger partial charge in [-0.3, -0.25) is 4.99 Å². The van der Waals surface area contributed by atoms with Crippen LogP contribution in [0.15, 0.2) is 53.5 Å². The van der Waals surface area contributed by atoms with Gasteiger partial charge in [-0.05, 0) is 30.2 Å². The van der Waals surface area contributed by atoms with Gasteiger partial charge in [-0.1, -0.05) is 36.4 Å². The summed E-state index contributed by atoms with van der Waals surface area (Å²) in [5, 5.41) is 19.7. The third-order valence-corrected chi connectivity index (χ3v) is 2.99. The van der Waals surface area contributed by atoms with Crippen molar-refractivity contribution in [2.75, 3.05) is 6.54 Å². The number of phenolic OH excluding ortho intramolecular Hbond substituents is 1. The first kappa shape index (κ1) is 13.3. The number of aromatic hydroxyl groups is 1. The lowest BCUT2D eigenvalue weighted by atomic mass is 10.0. The minimum atomic E-state index is -0.622. The van der Waals surface area contributed by atoms with Crippen LogP contribution in [0.1, 0.15) is 22.8 Å². The number of hydrogen-bond acceptors (Lipinski definition) is 3. The molecule has 2 rings (SSSR count). The molecular weight excluding hydrogens is 238 g/mol. The minimum absolute atomic E-state index is 0.191. The molecule has 0 aliphatic heterocycles. The second kappa shape index (κ2) is 6.16. The van der Waals surface area contributed by atoms with Gasteiger partial charge in [0.1, 0.15) is 5.75 Å². The Labute approximate surface area is 112 Å². The van der Waals surface area contributed by atoms with E-state index in [9.17, 15) is 10.2 Å². The number of nitrogens with zero attached hydrogens (tertiary/aromatic N) is 1. The van der Waals surface area contributed by atoms with Gasteiger partial charge >= 0.3 is 0 Å². The smallest absolute Gasteiger partial charge is 0.124 e. The van der Waals surface area contributed by atoms with Crippen LogP contribution in [-0.4, -0.2) is 23.0 Å². The molecule has 0 fully saturated rings. The van der Waals surface area contributed by atoms with E-state index in [0.717, 1.165) is 11.1 Å². The van der Waals surface area contributed by atoms with Gasteiger partial charge in [0.15, 0.2) is 0 Å². The van der Waals surface area contributed by atoms with Gasteiger partial charge in [0.05, 0.1) is 12.6 Å². The number of benzene rings is 2. The highest BCUT2D eigenvalue weighted by atomic mass is 16.3. The maximum atomic E-state index is 10.1. The van der Waals surface area contributed by atoms with E-state index in [1.807, 2.05) is 37.3 Å². The van der Waals surface area contributed by atoms with Crippen LogP contribution in [0.2, 0.25) is 0 Å². The third kappa shape index (κ3) is 3.42. The molecule has 19 heavy (non-hydrogen) atoms. The summed E-state index contributed by atoms with van der Waals surface area (Å²) < 4.78 is 0. The summed E-state index contributed by atoms with van der Waals surface area (Å²) in [6.45, 7) is 2.24. The van der Waals surface area contributed by atoms with E-state index in [1.165, 1.54) is 0 Å². The normalized spacial score (nSPS) is 12.7. The number of hydrogen-bond donors (Lipinski definition) is 2. The standard InChI is InChI=1S/C16H17NO2/c1-12-6-2-4-8-14(12)16(19)11-17-10-13-7-3-5-9-15(13)18/h2-10,16,18-19H,11H2,1H3. The molecule has 3 heteroatoms. The van der Waals surface area contributed by atoms with E-state index in [2.05, 4.69) is 4.99 Å². The lowest BCUT2D eigenvalue weighted by Crippen LogP contribution is -2.03. The summed E-state index contributed by atoms with van der Waals surface area (Å²) in [5.41, 5.74) is 2.59. The molecule has 0 bridgehead atoms. The largest absolute Gasteiger partial charge is 0.507 e. The van der Waals surface area contributed by atoms with Crippen LogP contribution in [0.25, 0.3) is 0 Å². The second-order valence-electron chi connectivity index (χ2n) is 4.43. The van der Waals surface area contributed by atoms with E-state index in [4.69, 9.17) is 0 Å². The Morgan fingerprint density at radius 3 is 2.53 bits per heavy atom. The van der Waals surface area contributed by atoms with Crippen LogP contribution < -0.4 is 0 Å². The Hall–Kier alpha value is -2.13. The van der Waals surface area contributed by atoms with Crippen molar-refractivity contribution in [2.24, 2.45) is 4.99 Å². The summed E-state index contributed by atoms with van der Waals surface area (Å²) in [4.78, 5) is 4.18. The number of para-hydroxylation sites is 1. The lowest BCUT2D eigenvalue weighted by molar-refractivity contribution is 0.187. The maximum absolute atomic E-state index is 10.1. The highest BCUT2D eigenvalue weighted by Gasteiger charge is 2.08. The number of aliphatic imine (C=N–C) groups is 1. The van der Waals surface area contributed by atoms with Gasteiger partial charge in [0.25, 0.3) is 0 Å². The number of aliphatic hydroxyl groups is 1. The molecule has 1 unspecified atom stereocenters. The van der Waals surface area contributed by atoms with Gasteiger partial charge in [0.2, 0.25) is 0 Å². The first-order chi connectivity index (χ1) is 9.18. The Morgan fingerprint density at radius 2 is 1.79 bits per heavy atom. The van der Waals surface area contributed by atoms with Crippen molar-refractivity contribution < 1.29 is 10.2 Å². The molecule has 0 amide bonds. The van der Waals surface area contributed by atoms with E-state index in [-0.39, 0.29) is 12.3 Å². The molecule has 0 aliphatic rings. The molecule has 2 aromatic rings. The summed E-state index contributed by atoms with van der Waals surface area (Å²) in [5.74, 6) is 0.191. The Balaban J connectivity index is 2.03. The van der Waals surface area contributed by atoms with Crippen molar-refractivity contribution in [1.82, 2.24) is 0 Å². The zero-order chi connectivity index (χ0) is 13.7. The Morgan fingerprint density at radius 1 is 1.11 bits per heavy atom. The average Bonchev–Trinajstić information content (AvgIpc) is 2.41. The van der Waals surface area contributed by atoms with Crippen LogP contribution in [0.4, 0.5) is 0 Å². The van der Waals surface area contributed by atoms with Gasteiger partial charge in [-0.15, -0.1) is 0 Å². The lowest BCUT2D eigenvalue weighted by Gasteiger charge is -2.10. The molecule has 0 aliphatic carbocycles. The molecule has 2 aromatic carbocycles. The van der Waals surface area contributed by atoms with Crippen LogP contribution in [0.5, 0.6) is 5.75 Å². The van der Waals surface area contributed by atoms with Gasteiger partial charge in [-0.2, -0.15) is 0 Å². The fourth-order valence-corrected chi connectivity index (χ4v) is 1.91. The first-order valence-corrected chi connectivity index (χ1v) is 6.20. The van der Waals surface area contributed by atoms with Crippen LogP contribution in [-0.2, 0) is 0 Å². The summed E-state index contributed by atoms with van der Waals surface area (Å²) >= 11 is 0. The van der Waals surface area contributed by atoms with E-state index >= 15 is 0 Å². The minimum Gasteiger partial charge on any atom is -0.507 e. The third-order valence-electron chi connectivity index (χ3n) is 2.99. The maximum Gasteiger partial charge on any atom is 0.124 e. The average molecular weight is 255 g/mol. The Bertz CT molecular complexity index is 578. The molecular formula is C16H17NO2.